The number of hydrogen-bond acceptors (Lipinski definition) is 4. The first-order valence-corrected chi connectivity index (χ1v) is 11.1. The van der Waals surface area contributed by atoms with Gasteiger partial charge < -0.3 is 5.32 Å². The number of piperazine rings is 1. The summed E-state index contributed by atoms with van der Waals surface area (Å²) in [5.74, 6) is -0.0205. The van der Waals surface area contributed by atoms with Gasteiger partial charge in [-0.1, -0.05) is 29.8 Å². The topological polar surface area (TPSA) is 69.7 Å². The van der Waals surface area contributed by atoms with E-state index in [9.17, 15) is 13.2 Å². The molecule has 1 saturated heterocycles. The van der Waals surface area contributed by atoms with Crippen LogP contribution in [0.3, 0.4) is 0 Å². The highest BCUT2D eigenvalue weighted by Crippen LogP contribution is 2.27. The lowest BCUT2D eigenvalue weighted by Crippen LogP contribution is -2.48. The van der Waals surface area contributed by atoms with Gasteiger partial charge in [0.1, 0.15) is 0 Å². The number of carbonyl (C=O) groups is 1. The average Bonchev–Trinajstić information content (AvgIpc) is 2.68. The molecule has 28 heavy (non-hydrogen) atoms. The van der Waals surface area contributed by atoms with Gasteiger partial charge in [0.05, 0.1) is 4.90 Å². The van der Waals surface area contributed by atoms with Gasteiger partial charge in [-0.05, 0) is 42.7 Å². The summed E-state index contributed by atoms with van der Waals surface area (Å²) in [6, 6.07) is 13.4. The van der Waals surface area contributed by atoms with Gasteiger partial charge in [0, 0.05) is 44.8 Å². The molecule has 1 N–H and O–H groups in total. The second kappa shape index (κ2) is 7.66. The molecule has 1 fully saturated rings. The summed E-state index contributed by atoms with van der Waals surface area (Å²) in [5, 5.41) is 2.80. The van der Waals surface area contributed by atoms with Crippen LogP contribution in [0.5, 0.6) is 0 Å². The molecule has 2 aliphatic rings. The lowest BCUT2D eigenvalue weighted by Gasteiger charge is -2.34. The van der Waals surface area contributed by atoms with Crippen molar-refractivity contribution in [3.63, 3.8) is 0 Å². The molecule has 2 aromatic rings. The van der Waals surface area contributed by atoms with Gasteiger partial charge in [-0.25, -0.2) is 8.42 Å². The van der Waals surface area contributed by atoms with Crippen molar-refractivity contribution in [2.24, 2.45) is 0 Å². The minimum absolute atomic E-state index is 0.0205. The largest absolute Gasteiger partial charge is 0.326 e. The van der Waals surface area contributed by atoms with Gasteiger partial charge in [-0.15, -0.1) is 0 Å². The van der Waals surface area contributed by atoms with Gasteiger partial charge in [0.15, 0.2) is 0 Å². The Bertz CT molecular complexity index is 996. The summed E-state index contributed by atoms with van der Waals surface area (Å²) in [7, 11) is -3.52. The average molecular weight is 400 g/mol. The van der Waals surface area contributed by atoms with Crippen LogP contribution in [0, 0.1) is 6.92 Å². The molecular weight excluding hydrogens is 374 g/mol. The molecule has 0 radical (unpaired) electrons. The minimum atomic E-state index is -3.52. The first kappa shape index (κ1) is 19.1. The molecule has 0 saturated carbocycles. The third-order valence-electron chi connectivity index (χ3n) is 5.43. The van der Waals surface area contributed by atoms with E-state index < -0.39 is 10.0 Å². The summed E-state index contributed by atoms with van der Waals surface area (Å²) in [6.45, 7) is 5.33. The summed E-state index contributed by atoms with van der Waals surface area (Å²) in [6.07, 6.45) is 0.975. The quantitative estimate of drug-likeness (QED) is 0.857. The molecule has 0 spiro atoms. The number of fused-ring (bicyclic) bond motifs is 1. The number of aryl methyl sites for hydroxylation is 2. The normalized spacial score (nSPS) is 18.5. The van der Waals surface area contributed by atoms with Crippen LogP contribution in [-0.4, -0.2) is 49.7 Å². The van der Waals surface area contributed by atoms with Crippen molar-refractivity contribution in [3.05, 3.63) is 59.2 Å². The monoisotopic (exact) mass is 399 g/mol. The molecule has 0 aromatic heterocycles. The molecule has 0 bridgehead atoms. The molecular formula is C21H25N3O3S. The van der Waals surface area contributed by atoms with E-state index >= 15 is 0 Å². The zero-order valence-corrected chi connectivity index (χ0v) is 16.8. The summed E-state index contributed by atoms with van der Waals surface area (Å²) >= 11 is 0. The van der Waals surface area contributed by atoms with Crippen LogP contribution in [-0.2, 0) is 27.8 Å². The smallest absolute Gasteiger partial charge is 0.243 e. The van der Waals surface area contributed by atoms with E-state index in [1.807, 2.05) is 0 Å². The summed E-state index contributed by atoms with van der Waals surface area (Å²) in [4.78, 5) is 14.1. The van der Waals surface area contributed by atoms with Crippen molar-refractivity contribution in [2.75, 3.05) is 31.5 Å². The zero-order chi connectivity index (χ0) is 19.7. The highest BCUT2D eigenvalue weighted by Gasteiger charge is 2.29. The Balaban J connectivity index is 1.43. The molecule has 2 heterocycles. The van der Waals surface area contributed by atoms with Crippen molar-refractivity contribution in [1.29, 1.82) is 0 Å². The number of hydrogen-bond donors (Lipinski definition) is 1. The number of sulfonamides is 1. The van der Waals surface area contributed by atoms with E-state index in [4.69, 9.17) is 0 Å². The fourth-order valence-corrected chi connectivity index (χ4v) is 5.34. The van der Waals surface area contributed by atoms with Crippen LogP contribution in [0.1, 0.15) is 23.1 Å². The molecule has 148 valence electrons. The molecule has 0 atom stereocenters. The van der Waals surface area contributed by atoms with Crippen LogP contribution in [0.4, 0.5) is 5.69 Å². The maximum atomic E-state index is 13.1. The molecule has 1 amide bonds. The number of carbonyl (C=O) groups excluding carboxylic acids is 1. The predicted octanol–water partition coefficient (Wildman–Crippen LogP) is 2.39. The fourth-order valence-electron chi connectivity index (χ4n) is 3.87. The minimum Gasteiger partial charge on any atom is -0.326 e. The summed E-state index contributed by atoms with van der Waals surface area (Å²) in [5.41, 5.74) is 4.10. The van der Waals surface area contributed by atoms with Crippen molar-refractivity contribution >= 4 is 21.6 Å². The number of anilines is 1. The highest BCUT2D eigenvalue weighted by atomic mass is 32.2. The highest BCUT2D eigenvalue weighted by molar-refractivity contribution is 7.89. The first-order valence-electron chi connectivity index (χ1n) is 9.63. The van der Waals surface area contributed by atoms with E-state index in [-0.39, 0.29) is 5.91 Å². The number of rotatable bonds is 4. The third kappa shape index (κ3) is 3.97. The van der Waals surface area contributed by atoms with Crippen LogP contribution >= 0.6 is 0 Å². The van der Waals surface area contributed by atoms with E-state index in [0.29, 0.717) is 43.9 Å². The Labute approximate surface area is 166 Å². The second-order valence-electron chi connectivity index (χ2n) is 7.54. The Hall–Kier alpha value is -2.22. The standard InChI is InChI=1S/C21H25N3O3S/c1-16-3-2-4-17(13-16)15-23-9-11-24(12-10-23)28(26,27)19-6-7-20-18(14-19)5-8-21(25)22-20/h2-4,6-7,13-14H,5,8-12,15H2,1H3,(H,22,25). The van der Waals surface area contributed by atoms with E-state index in [2.05, 4.69) is 41.4 Å². The van der Waals surface area contributed by atoms with Crippen molar-refractivity contribution < 1.29 is 13.2 Å². The molecule has 4 rings (SSSR count). The van der Waals surface area contributed by atoms with Gasteiger partial charge in [-0.2, -0.15) is 4.31 Å². The lowest BCUT2D eigenvalue weighted by atomic mass is 10.0. The molecule has 6 nitrogen and oxygen atoms in total. The number of nitrogens with one attached hydrogen (secondary N) is 1. The maximum absolute atomic E-state index is 13.1. The van der Waals surface area contributed by atoms with Crippen LogP contribution in [0.25, 0.3) is 0 Å². The van der Waals surface area contributed by atoms with Gasteiger partial charge >= 0.3 is 0 Å². The molecule has 2 aliphatic heterocycles. The van der Waals surface area contributed by atoms with Crippen molar-refractivity contribution in [2.45, 2.75) is 31.2 Å². The van der Waals surface area contributed by atoms with Crippen LogP contribution in [0.15, 0.2) is 47.4 Å². The van der Waals surface area contributed by atoms with E-state index in [0.717, 1.165) is 17.8 Å². The Morgan fingerprint density at radius 3 is 2.54 bits per heavy atom. The van der Waals surface area contributed by atoms with Gasteiger partial charge in [0.25, 0.3) is 0 Å². The Morgan fingerprint density at radius 2 is 1.79 bits per heavy atom. The SMILES string of the molecule is Cc1cccc(CN2CCN(S(=O)(=O)c3ccc4c(c3)CCC(=O)N4)CC2)c1. The van der Waals surface area contributed by atoms with Crippen molar-refractivity contribution in [1.82, 2.24) is 9.21 Å². The number of benzene rings is 2. The molecule has 0 aliphatic carbocycles. The summed E-state index contributed by atoms with van der Waals surface area (Å²) < 4.78 is 27.7. The molecule has 7 heteroatoms. The third-order valence-corrected chi connectivity index (χ3v) is 7.32. The van der Waals surface area contributed by atoms with Gasteiger partial charge in [-0.3, -0.25) is 9.69 Å². The van der Waals surface area contributed by atoms with E-state index in [1.165, 1.54) is 11.1 Å². The van der Waals surface area contributed by atoms with Crippen molar-refractivity contribution in [3.8, 4) is 0 Å². The van der Waals surface area contributed by atoms with Crippen LogP contribution < -0.4 is 5.32 Å². The lowest BCUT2D eigenvalue weighted by molar-refractivity contribution is -0.116. The predicted molar refractivity (Wildman–Crippen MR) is 109 cm³/mol. The van der Waals surface area contributed by atoms with E-state index in [1.54, 1.807) is 22.5 Å². The van der Waals surface area contributed by atoms with Crippen LogP contribution in [0.2, 0.25) is 0 Å². The Morgan fingerprint density at radius 1 is 1.00 bits per heavy atom. The zero-order valence-electron chi connectivity index (χ0n) is 16.0. The number of nitrogens with zero attached hydrogens (tertiary/aromatic N) is 2. The second-order valence-corrected chi connectivity index (χ2v) is 9.47. The first-order chi connectivity index (χ1) is 13.4. The van der Waals surface area contributed by atoms with Gasteiger partial charge in [0.2, 0.25) is 15.9 Å². The number of amides is 1. The molecule has 2 aromatic carbocycles. The molecule has 0 unspecified atom stereocenters. The maximum Gasteiger partial charge on any atom is 0.243 e. The fraction of sp³-hybridized carbons (Fsp3) is 0.381. The Kier molecular flexibility index (Phi) is 5.23.